The van der Waals surface area contributed by atoms with E-state index in [4.69, 9.17) is 10.2 Å². The molecule has 1 heterocycles. The second kappa shape index (κ2) is 6.71. The van der Waals surface area contributed by atoms with Crippen LogP contribution in [0.5, 0.6) is 0 Å². The minimum Gasteiger partial charge on any atom is -0.463 e. The fourth-order valence-electron chi connectivity index (χ4n) is 2.11. The minimum atomic E-state index is -0.852. The molecular weight excluding hydrogens is 270 g/mol. The van der Waals surface area contributed by atoms with Crippen LogP contribution in [0.3, 0.4) is 0 Å². The van der Waals surface area contributed by atoms with Gasteiger partial charge < -0.3 is 15.5 Å². The molecule has 0 saturated carbocycles. The van der Waals surface area contributed by atoms with Gasteiger partial charge in [0, 0.05) is 5.56 Å². The molecule has 0 bridgehead atoms. The van der Waals surface area contributed by atoms with Crippen molar-refractivity contribution in [3.63, 3.8) is 0 Å². The zero-order valence-corrected chi connectivity index (χ0v) is 11.7. The first-order chi connectivity index (χ1) is 10.1. The molecule has 1 aromatic heterocycles. The quantitative estimate of drug-likeness (QED) is 0.747. The van der Waals surface area contributed by atoms with Crippen LogP contribution < -0.4 is 16.4 Å². The largest absolute Gasteiger partial charge is 0.463 e. The average Bonchev–Trinajstić information content (AvgIpc) is 2.98. The predicted octanol–water partition coefficient (Wildman–Crippen LogP) is 0.516. The number of imide groups is 1. The van der Waals surface area contributed by atoms with E-state index in [0.29, 0.717) is 0 Å². The summed E-state index contributed by atoms with van der Waals surface area (Å²) in [6.07, 6.45) is 1.59. The third-order valence-corrected chi connectivity index (χ3v) is 3.15. The molecule has 1 aromatic carbocycles. The van der Waals surface area contributed by atoms with Crippen LogP contribution >= 0.6 is 0 Å². The van der Waals surface area contributed by atoms with E-state index in [2.05, 4.69) is 5.32 Å². The van der Waals surface area contributed by atoms with Gasteiger partial charge in [-0.15, -0.1) is 0 Å². The Hall–Kier alpha value is -2.60. The van der Waals surface area contributed by atoms with Gasteiger partial charge in [-0.3, -0.25) is 10.1 Å². The Balaban J connectivity index is 2.18. The van der Waals surface area contributed by atoms with Crippen LogP contribution in [0.15, 0.2) is 53.1 Å². The number of carbonyl (C=O) groups excluding carboxylic acids is 2. The molecule has 2 atom stereocenters. The van der Waals surface area contributed by atoms with Gasteiger partial charge in [0.25, 0.3) is 5.91 Å². The first-order valence-corrected chi connectivity index (χ1v) is 6.61. The number of quaternary nitrogens is 1. The van der Waals surface area contributed by atoms with Gasteiger partial charge in [-0.2, -0.15) is 0 Å². The summed E-state index contributed by atoms with van der Waals surface area (Å²) in [6, 6.07) is 11.8. The highest BCUT2D eigenvalue weighted by Gasteiger charge is 2.27. The van der Waals surface area contributed by atoms with Crippen LogP contribution in [0.1, 0.15) is 24.3 Å². The summed E-state index contributed by atoms with van der Waals surface area (Å²) in [7, 11) is 0. The standard InChI is InChI=1S/C15H17N3O3/c1-10(14(19)18-15(16)20)17-13(12-8-5-9-21-12)11-6-3-2-4-7-11/h2-10,13,17H,1H3,(H3,16,18,19,20)/p+1/t10-,13+/m1/s1. The van der Waals surface area contributed by atoms with Crippen LogP contribution in [0.2, 0.25) is 0 Å². The highest BCUT2D eigenvalue weighted by molar-refractivity contribution is 5.95. The highest BCUT2D eigenvalue weighted by atomic mass is 16.3. The molecule has 2 rings (SSSR count). The van der Waals surface area contributed by atoms with Crippen LogP contribution in [-0.2, 0) is 4.79 Å². The Morgan fingerprint density at radius 2 is 1.90 bits per heavy atom. The van der Waals surface area contributed by atoms with Gasteiger partial charge in [-0.25, -0.2) is 4.79 Å². The van der Waals surface area contributed by atoms with Gasteiger partial charge in [-0.05, 0) is 19.1 Å². The Labute approximate surface area is 122 Å². The Kier molecular flexibility index (Phi) is 4.73. The maximum Gasteiger partial charge on any atom is 0.319 e. The van der Waals surface area contributed by atoms with Gasteiger partial charge in [0.15, 0.2) is 17.8 Å². The zero-order valence-electron chi connectivity index (χ0n) is 11.7. The summed E-state index contributed by atoms with van der Waals surface area (Å²) in [5, 5.41) is 3.91. The summed E-state index contributed by atoms with van der Waals surface area (Å²) >= 11 is 0. The summed E-state index contributed by atoms with van der Waals surface area (Å²) in [5.74, 6) is 0.301. The lowest BCUT2D eigenvalue weighted by atomic mass is 10.0. The molecule has 0 spiro atoms. The molecule has 110 valence electrons. The van der Waals surface area contributed by atoms with E-state index >= 15 is 0 Å². The number of hydrogen-bond acceptors (Lipinski definition) is 3. The average molecular weight is 288 g/mol. The minimum absolute atomic E-state index is 0.171. The number of urea groups is 1. The predicted molar refractivity (Wildman–Crippen MR) is 76.1 cm³/mol. The number of carbonyl (C=O) groups is 2. The van der Waals surface area contributed by atoms with Crippen molar-refractivity contribution in [2.45, 2.75) is 19.0 Å². The van der Waals surface area contributed by atoms with E-state index in [1.54, 1.807) is 19.3 Å². The van der Waals surface area contributed by atoms with Crippen molar-refractivity contribution < 1.29 is 19.3 Å². The van der Waals surface area contributed by atoms with E-state index in [9.17, 15) is 9.59 Å². The molecule has 3 amide bonds. The number of benzene rings is 1. The van der Waals surface area contributed by atoms with Gasteiger partial charge in [0.1, 0.15) is 0 Å². The van der Waals surface area contributed by atoms with Crippen LogP contribution in [0.4, 0.5) is 4.79 Å². The second-order valence-corrected chi connectivity index (χ2v) is 4.74. The lowest BCUT2D eigenvalue weighted by Gasteiger charge is -2.18. The molecule has 6 heteroatoms. The van der Waals surface area contributed by atoms with E-state index in [1.807, 2.05) is 41.7 Å². The van der Waals surface area contributed by atoms with Crippen LogP contribution in [-0.4, -0.2) is 18.0 Å². The summed E-state index contributed by atoms with van der Waals surface area (Å²) < 4.78 is 5.46. The topological polar surface area (TPSA) is 102 Å². The van der Waals surface area contributed by atoms with E-state index in [-0.39, 0.29) is 6.04 Å². The van der Waals surface area contributed by atoms with E-state index < -0.39 is 18.0 Å². The molecule has 0 aliphatic rings. The van der Waals surface area contributed by atoms with Crippen molar-refractivity contribution in [3.05, 3.63) is 60.1 Å². The van der Waals surface area contributed by atoms with Gasteiger partial charge in [0.05, 0.1) is 6.26 Å². The molecule has 0 radical (unpaired) electrons. The number of primary amides is 1. The molecule has 6 nitrogen and oxygen atoms in total. The first-order valence-electron chi connectivity index (χ1n) is 6.61. The Morgan fingerprint density at radius 1 is 1.19 bits per heavy atom. The van der Waals surface area contributed by atoms with Crippen molar-refractivity contribution in [1.82, 2.24) is 5.32 Å². The zero-order chi connectivity index (χ0) is 15.2. The number of rotatable bonds is 5. The summed E-state index contributed by atoms with van der Waals surface area (Å²) in [4.78, 5) is 22.6. The summed E-state index contributed by atoms with van der Waals surface area (Å²) in [5.41, 5.74) is 5.97. The monoisotopic (exact) mass is 288 g/mol. The molecule has 0 unspecified atom stereocenters. The third kappa shape index (κ3) is 3.93. The van der Waals surface area contributed by atoms with Crippen LogP contribution in [0, 0.1) is 0 Å². The Morgan fingerprint density at radius 3 is 2.48 bits per heavy atom. The number of furan rings is 1. The first kappa shape index (κ1) is 14.8. The van der Waals surface area contributed by atoms with Crippen molar-refractivity contribution in [2.75, 3.05) is 0 Å². The molecule has 0 saturated heterocycles. The molecule has 5 N–H and O–H groups in total. The maximum absolute atomic E-state index is 11.8. The number of amides is 3. The second-order valence-electron chi connectivity index (χ2n) is 4.74. The number of nitrogens with one attached hydrogen (secondary N) is 1. The lowest BCUT2D eigenvalue weighted by molar-refractivity contribution is -0.706. The molecule has 0 aliphatic heterocycles. The van der Waals surface area contributed by atoms with Crippen LogP contribution in [0.25, 0.3) is 0 Å². The molecule has 2 aromatic rings. The molecule has 0 fully saturated rings. The van der Waals surface area contributed by atoms with Crippen molar-refractivity contribution in [2.24, 2.45) is 5.73 Å². The highest BCUT2D eigenvalue weighted by Crippen LogP contribution is 2.18. The normalized spacial score (nSPS) is 13.4. The fraction of sp³-hybridized carbons (Fsp3) is 0.200. The van der Waals surface area contributed by atoms with Crippen molar-refractivity contribution >= 4 is 11.9 Å². The van der Waals surface area contributed by atoms with Crippen molar-refractivity contribution in [1.29, 1.82) is 0 Å². The number of nitrogens with two attached hydrogens (primary N) is 2. The SMILES string of the molecule is C[C@@H]([NH2+][C@@H](c1ccccc1)c1ccco1)C(=O)NC(N)=O. The lowest BCUT2D eigenvalue weighted by Crippen LogP contribution is -2.93. The molecular formula is C15H18N3O3+. The Bertz CT molecular complexity index is 596. The van der Waals surface area contributed by atoms with Gasteiger partial charge >= 0.3 is 6.03 Å². The molecule has 21 heavy (non-hydrogen) atoms. The van der Waals surface area contributed by atoms with E-state index in [0.717, 1.165) is 11.3 Å². The number of hydrogen-bond donors (Lipinski definition) is 3. The van der Waals surface area contributed by atoms with Gasteiger partial charge in [0.2, 0.25) is 0 Å². The summed E-state index contributed by atoms with van der Waals surface area (Å²) in [6.45, 7) is 1.71. The maximum atomic E-state index is 11.8. The van der Waals surface area contributed by atoms with Crippen molar-refractivity contribution in [3.8, 4) is 0 Å². The fourth-order valence-corrected chi connectivity index (χ4v) is 2.11. The smallest absolute Gasteiger partial charge is 0.319 e. The molecule has 0 aliphatic carbocycles. The third-order valence-electron chi connectivity index (χ3n) is 3.15. The van der Waals surface area contributed by atoms with Gasteiger partial charge in [-0.1, -0.05) is 30.3 Å². The van der Waals surface area contributed by atoms with E-state index in [1.165, 1.54) is 0 Å².